The Hall–Kier alpha value is -3.94. The van der Waals surface area contributed by atoms with Gasteiger partial charge in [-0.3, -0.25) is 14.1 Å². The Morgan fingerprint density at radius 1 is 1.14 bits per heavy atom. The van der Waals surface area contributed by atoms with Gasteiger partial charge in [-0.2, -0.15) is 18.2 Å². The van der Waals surface area contributed by atoms with Crippen LogP contribution in [0.1, 0.15) is 27.2 Å². The van der Waals surface area contributed by atoms with Gasteiger partial charge < -0.3 is 16.4 Å². The molecular weight excluding hydrogens is 487 g/mol. The molecule has 14 heteroatoms. The Labute approximate surface area is 199 Å². The molecular formula is C21H22F3N7O3S. The number of hydrogen-bond acceptors (Lipinski definition) is 8. The summed E-state index contributed by atoms with van der Waals surface area (Å²) in [5, 5.41) is 5.38. The fraction of sp³-hybridized carbons (Fsp3) is 0.238. The van der Waals surface area contributed by atoms with Crippen LogP contribution in [0.5, 0.6) is 0 Å². The summed E-state index contributed by atoms with van der Waals surface area (Å²) < 4.78 is 65.8. The van der Waals surface area contributed by atoms with Crippen LogP contribution in [-0.2, 0) is 22.7 Å². The van der Waals surface area contributed by atoms with E-state index in [9.17, 15) is 26.4 Å². The first-order valence-corrected chi connectivity index (χ1v) is 11.8. The summed E-state index contributed by atoms with van der Waals surface area (Å²) in [5.74, 6) is -1.28. The number of nitrogens with zero attached hydrogens (tertiary/aromatic N) is 4. The highest BCUT2D eigenvalue weighted by Crippen LogP contribution is 2.34. The second-order valence-electron chi connectivity index (χ2n) is 7.56. The van der Waals surface area contributed by atoms with E-state index in [-0.39, 0.29) is 23.7 Å². The first-order valence-electron chi connectivity index (χ1n) is 10.00. The number of hydrogen-bond donors (Lipinski definition) is 3. The summed E-state index contributed by atoms with van der Waals surface area (Å²) in [7, 11) is -2.29. The van der Waals surface area contributed by atoms with Crippen molar-refractivity contribution in [3.63, 3.8) is 0 Å². The van der Waals surface area contributed by atoms with Gasteiger partial charge in [0.25, 0.3) is 0 Å². The Kier molecular flexibility index (Phi) is 7.14. The van der Waals surface area contributed by atoms with Crippen LogP contribution in [0.15, 0.2) is 42.7 Å². The van der Waals surface area contributed by atoms with Crippen LogP contribution in [0.25, 0.3) is 0 Å². The van der Waals surface area contributed by atoms with Gasteiger partial charge in [-0.1, -0.05) is 0 Å². The van der Waals surface area contributed by atoms with Crippen LogP contribution >= 0.6 is 0 Å². The van der Waals surface area contributed by atoms with Crippen LogP contribution in [-0.4, -0.2) is 42.6 Å². The zero-order valence-electron chi connectivity index (χ0n) is 18.9. The lowest BCUT2D eigenvalue weighted by Crippen LogP contribution is -2.26. The lowest BCUT2D eigenvalue weighted by Gasteiger charge is -2.21. The largest absolute Gasteiger partial charge is 0.421 e. The van der Waals surface area contributed by atoms with E-state index >= 15 is 0 Å². The van der Waals surface area contributed by atoms with Gasteiger partial charge in [-0.05, 0) is 37.3 Å². The molecule has 3 aromatic rings. The van der Waals surface area contributed by atoms with Gasteiger partial charge in [-0.25, -0.2) is 13.4 Å². The van der Waals surface area contributed by atoms with E-state index in [4.69, 9.17) is 5.73 Å². The minimum Gasteiger partial charge on any atom is -0.366 e. The minimum absolute atomic E-state index is 0.136. The number of alkyl halides is 3. The monoisotopic (exact) mass is 509 g/mol. The maximum Gasteiger partial charge on any atom is 0.421 e. The van der Waals surface area contributed by atoms with E-state index in [1.165, 1.54) is 43.6 Å². The van der Waals surface area contributed by atoms with Crippen LogP contribution in [0, 0.1) is 6.92 Å². The fourth-order valence-corrected chi connectivity index (χ4v) is 3.52. The molecule has 0 unspecified atom stereocenters. The van der Waals surface area contributed by atoms with E-state index in [1.807, 2.05) is 0 Å². The van der Waals surface area contributed by atoms with Gasteiger partial charge in [0.1, 0.15) is 11.4 Å². The average Bonchev–Trinajstić information content (AvgIpc) is 2.76. The predicted molar refractivity (Wildman–Crippen MR) is 125 cm³/mol. The SMILES string of the molecule is Cc1cc(N(C)S(C)(=O)=O)c(CNc2nc(Nc3ccc(C(N)=O)cc3)ncc2C(F)(F)F)cn1. The number of aromatic nitrogens is 3. The predicted octanol–water partition coefficient (Wildman–Crippen LogP) is 3.05. The third-order valence-corrected chi connectivity index (χ3v) is 6.09. The quantitative estimate of drug-likeness (QED) is 0.420. The van der Waals surface area contributed by atoms with Crippen molar-refractivity contribution in [2.24, 2.45) is 5.73 Å². The molecule has 0 aliphatic carbocycles. The minimum atomic E-state index is -4.75. The summed E-state index contributed by atoms with van der Waals surface area (Å²) >= 11 is 0. The number of amides is 1. The molecule has 0 saturated carbocycles. The zero-order chi connectivity index (χ0) is 26.0. The van der Waals surface area contributed by atoms with Crippen molar-refractivity contribution in [2.75, 3.05) is 28.2 Å². The topological polar surface area (TPSA) is 143 Å². The van der Waals surface area contributed by atoms with E-state index < -0.39 is 33.5 Å². The van der Waals surface area contributed by atoms with Crippen LogP contribution in [0.3, 0.4) is 0 Å². The molecule has 10 nitrogen and oxygen atoms in total. The molecule has 186 valence electrons. The lowest BCUT2D eigenvalue weighted by atomic mass is 10.2. The number of carbonyl (C=O) groups is 1. The molecule has 0 fully saturated rings. The number of carbonyl (C=O) groups excluding carboxylic acids is 1. The Balaban J connectivity index is 1.92. The van der Waals surface area contributed by atoms with Crippen LogP contribution in [0.2, 0.25) is 0 Å². The molecule has 4 N–H and O–H groups in total. The van der Waals surface area contributed by atoms with Crippen LogP contribution in [0.4, 0.5) is 36.3 Å². The molecule has 3 rings (SSSR count). The number of nitrogens with one attached hydrogen (secondary N) is 2. The van der Waals surface area contributed by atoms with E-state index in [1.54, 1.807) is 6.92 Å². The van der Waals surface area contributed by atoms with Crippen molar-refractivity contribution in [3.05, 3.63) is 65.1 Å². The normalized spacial score (nSPS) is 11.7. The molecule has 0 saturated heterocycles. The molecule has 0 radical (unpaired) electrons. The summed E-state index contributed by atoms with van der Waals surface area (Å²) in [6.07, 6.45) is -1.72. The van der Waals surface area contributed by atoms with E-state index in [2.05, 4.69) is 25.6 Å². The first kappa shape index (κ1) is 25.7. The lowest BCUT2D eigenvalue weighted by molar-refractivity contribution is -0.137. The van der Waals surface area contributed by atoms with Crippen molar-refractivity contribution < 1.29 is 26.4 Å². The summed E-state index contributed by atoms with van der Waals surface area (Å²) in [6.45, 7) is 1.46. The number of aryl methyl sites for hydroxylation is 1. The number of pyridine rings is 1. The van der Waals surface area contributed by atoms with Gasteiger partial charge in [0.15, 0.2) is 0 Å². The number of rotatable bonds is 8. The van der Waals surface area contributed by atoms with Gasteiger partial charge in [0.2, 0.25) is 21.9 Å². The number of nitrogens with two attached hydrogens (primary N) is 1. The standard InChI is InChI=1S/C21H22F3N7O3S/c1-12-8-17(31(2)35(3,33)34)14(9-26-12)10-27-19-16(21(22,23)24)11-28-20(30-19)29-15-6-4-13(5-7-15)18(25)32/h4-9,11H,10H2,1-3H3,(H2,25,32)(H2,27,28,29,30). The molecule has 0 atom stereocenters. The van der Waals surface area contributed by atoms with Gasteiger partial charge in [-0.15, -0.1) is 0 Å². The van der Waals surface area contributed by atoms with Gasteiger partial charge in [0, 0.05) is 48.5 Å². The maximum atomic E-state index is 13.6. The Bertz CT molecular complexity index is 1350. The van der Waals surface area contributed by atoms with Crippen molar-refractivity contribution in [2.45, 2.75) is 19.6 Å². The third kappa shape index (κ3) is 6.35. The Morgan fingerprint density at radius 3 is 2.37 bits per heavy atom. The Morgan fingerprint density at radius 2 is 1.80 bits per heavy atom. The zero-order valence-corrected chi connectivity index (χ0v) is 19.7. The van der Waals surface area contributed by atoms with Crippen molar-refractivity contribution in [1.29, 1.82) is 0 Å². The maximum absolute atomic E-state index is 13.6. The molecule has 0 aliphatic rings. The molecule has 0 bridgehead atoms. The molecule has 1 aromatic carbocycles. The van der Waals surface area contributed by atoms with Gasteiger partial charge >= 0.3 is 6.18 Å². The third-order valence-electron chi connectivity index (χ3n) is 4.90. The van der Waals surface area contributed by atoms with Crippen molar-refractivity contribution >= 4 is 39.1 Å². The number of halogens is 3. The number of sulfonamides is 1. The second-order valence-corrected chi connectivity index (χ2v) is 9.57. The molecule has 2 aromatic heterocycles. The number of anilines is 4. The molecule has 35 heavy (non-hydrogen) atoms. The van der Waals surface area contributed by atoms with Crippen LogP contribution < -0.4 is 20.7 Å². The van der Waals surface area contributed by atoms with Crippen molar-refractivity contribution in [1.82, 2.24) is 15.0 Å². The molecule has 1 amide bonds. The average molecular weight is 510 g/mol. The second kappa shape index (κ2) is 9.74. The molecule has 2 heterocycles. The summed E-state index contributed by atoms with van der Waals surface area (Å²) in [5.41, 5.74) is 5.90. The summed E-state index contributed by atoms with van der Waals surface area (Å²) in [4.78, 5) is 23.0. The smallest absolute Gasteiger partial charge is 0.366 e. The molecule has 0 aliphatic heterocycles. The van der Waals surface area contributed by atoms with Crippen molar-refractivity contribution in [3.8, 4) is 0 Å². The number of primary amides is 1. The van der Waals surface area contributed by atoms with Gasteiger partial charge in [0.05, 0.1) is 11.9 Å². The highest BCUT2D eigenvalue weighted by atomic mass is 32.2. The molecule has 0 spiro atoms. The highest BCUT2D eigenvalue weighted by Gasteiger charge is 2.35. The fourth-order valence-electron chi connectivity index (χ4n) is 2.99. The first-order chi connectivity index (χ1) is 16.3. The number of benzene rings is 1. The summed E-state index contributed by atoms with van der Waals surface area (Å²) in [6, 6.07) is 7.40. The highest BCUT2D eigenvalue weighted by molar-refractivity contribution is 7.92. The van der Waals surface area contributed by atoms with E-state index in [0.717, 1.165) is 10.6 Å². The van der Waals surface area contributed by atoms with E-state index in [0.29, 0.717) is 23.1 Å².